The molecular weight excluding hydrogens is 406 g/mol. The first kappa shape index (κ1) is 20.6. The number of H-pyrrole nitrogens is 1. The van der Waals surface area contributed by atoms with Crippen LogP contribution in [0.1, 0.15) is 29.8 Å². The molecular formula is C25H27N3O4. The fourth-order valence-electron chi connectivity index (χ4n) is 5.03. The van der Waals surface area contributed by atoms with Gasteiger partial charge in [-0.15, -0.1) is 0 Å². The maximum absolute atomic E-state index is 13.5. The van der Waals surface area contributed by atoms with Crippen molar-refractivity contribution in [2.45, 2.75) is 25.4 Å². The Labute approximate surface area is 186 Å². The van der Waals surface area contributed by atoms with Crippen LogP contribution in [0.5, 0.6) is 5.75 Å². The minimum atomic E-state index is -0.556. The topological polar surface area (TPSA) is 74.9 Å². The highest BCUT2D eigenvalue weighted by atomic mass is 16.5. The van der Waals surface area contributed by atoms with Crippen LogP contribution < -0.4 is 4.74 Å². The number of fused-ring (bicyclic) bond motifs is 4. The van der Waals surface area contributed by atoms with E-state index >= 15 is 0 Å². The van der Waals surface area contributed by atoms with E-state index in [1.807, 2.05) is 49.4 Å². The highest BCUT2D eigenvalue weighted by molar-refractivity contribution is 5.97. The summed E-state index contributed by atoms with van der Waals surface area (Å²) in [5.41, 5.74) is 3.94. The van der Waals surface area contributed by atoms with Gasteiger partial charge in [0.15, 0.2) is 0 Å². The van der Waals surface area contributed by atoms with Gasteiger partial charge >= 0.3 is 0 Å². The largest absolute Gasteiger partial charge is 0.494 e. The molecule has 0 spiro atoms. The second kappa shape index (κ2) is 8.31. The molecule has 1 fully saturated rings. The summed E-state index contributed by atoms with van der Waals surface area (Å²) in [6, 6.07) is 14.9. The number of aromatic amines is 1. The molecule has 2 atom stereocenters. The number of benzene rings is 2. The van der Waals surface area contributed by atoms with E-state index < -0.39 is 12.1 Å². The summed E-state index contributed by atoms with van der Waals surface area (Å²) in [6.07, 6.45) is 0.487. The summed E-state index contributed by atoms with van der Waals surface area (Å²) in [7, 11) is 1.60. The van der Waals surface area contributed by atoms with Crippen LogP contribution in [0, 0.1) is 0 Å². The van der Waals surface area contributed by atoms with E-state index in [0.29, 0.717) is 26.2 Å². The second-order valence-electron chi connectivity index (χ2n) is 8.21. The third-order valence-corrected chi connectivity index (χ3v) is 6.42. The number of nitrogens with zero attached hydrogens (tertiary/aromatic N) is 2. The van der Waals surface area contributed by atoms with Crippen molar-refractivity contribution >= 4 is 22.7 Å². The monoisotopic (exact) mass is 433 g/mol. The second-order valence-corrected chi connectivity index (χ2v) is 8.21. The van der Waals surface area contributed by atoms with E-state index in [0.717, 1.165) is 33.5 Å². The predicted octanol–water partition coefficient (Wildman–Crippen LogP) is 2.90. The molecule has 0 aliphatic carbocycles. The van der Waals surface area contributed by atoms with E-state index in [1.54, 1.807) is 16.9 Å². The van der Waals surface area contributed by atoms with E-state index in [9.17, 15) is 9.59 Å². The van der Waals surface area contributed by atoms with Gasteiger partial charge in [0.05, 0.1) is 19.8 Å². The molecule has 1 aromatic heterocycles. The van der Waals surface area contributed by atoms with Crippen LogP contribution in [-0.4, -0.2) is 66.1 Å². The zero-order valence-electron chi connectivity index (χ0n) is 18.3. The molecule has 0 saturated carbocycles. The van der Waals surface area contributed by atoms with Gasteiger partial charge in [0.2, 0.25) is 11.8 Å². The van der Waals surface area contributed by atoms with Gasteiger partial charge in [-0.25, -0.2) is 0 Å². The van der Waals surface area contributed by atoms with Crippen molar-refractivity contribution in [3.8, 4) is 5.75 Å². The third kappa shape index (κ3) is 3.24. The summed E-state index contributed by atoms with van der Waals surface area (Å²) in [4.78, 5) is 33.9. The number of amides is 2. The number of piperazine rings is 1. The predicted molar refractivity (Wildman–Crippen MR) is 121 cm³/mol. The number of para-hydroxylation sites is 2. The highest BCUT2D eigenvalue weighted by Crippen LogP contribution is 2.44. The van der Waals surface area contributed by atoms with Gasteiger partial charge < -0.3 is 24.3 Å². The molecule has 166 valence electrons. The lowest BCUT2D eigenvalue weighted by Gasteiger charge is -2.47. The first-order valence-electron chi connectivity index (χ1n) is 11.0. The number of methoxy groups -OCH3 is 1. The number of nitrogens with one attached hydrogen (secondary N) is 1. The molecule has 1 N–H and O–H groups in total. The number of carbonyl (C=O) groups excluding carboxylic acids is 2. The number of rotatable bonds is 6. The van der Waals surface area contributed by atoms with Crippen LogP contribution in [0.4, 0.5) is 0 Å². The maximum atomic E-state index is 13.5. The van der Waals surface area contributed by atoms with Crippen LogP contribution in [0.25, 0.3) is 10.9 Å². The Balaban J connectivity index is 1.68. The molecule has 2 aromatic carbocycles. The van der Waals surface area contributed by atoms with Gasteiger partial charge in [0.1, 0.15) is 17.8 Å². The Hall–Kier alpha value is -3.32. The number of hydrogen-bond acceptors (Lipinski definition) is 4. The van der Waals surface area contributed by atoms with Crippen LogP contribution in [0.2, 0.25) is 0 Å². The molecule has 5 rings (SSSR count). The zero-order valence-corrected chi connectivity index (χ0v) is 18.3. The smallest absolute Gasteiger partial charge is 0.246 e. The lowest BCUT2D eigenvalue weighted by atomic mass is 9.86. The molecule has 7 heteroatoms. The Morgan fingerprint density at radius 2 is 1.88 bits per heavy atom. The molecule has 2 unspecified atom stereocenters. The Morgan fingerprint density at radius 3 is 2.69 bits per heavy atom. The van der Waals surface area contributed by atoms with Gasteiger partial charge in [-0.2, -0.15) is 0 Å². The number of carbonyl (C=O) groups is 2. The van der Waals surface area contributed by atoms with Crippen molar-refractivity contribution < 1.29 is 19.1 Å². The SMILES string of the molecule is CCOc1ccccc1C1c2[nH]c3ccccc3c2CC2C(=O)N(CCOC)CC(=O)N21. The van der Waals surface area contributed by atoms with E-state index in [-0.39, 0.29) is 18.4 Å². The van der Waals surface area contributed by atoms with Crippen molar-refractivity contribution in [3.05, 3.63) is 65.4 Å². The van der Waals surface area contributed by atoms with Crippen LogP contribution in [-0.2, 0) is 20.7 Å². The number of ether oxygens (including phenoxy) is 2. The third-order valence-electron chi connectivity index (χ3n) is 6.42. The van der Waals surface area contributed by atoms with Gasteiger partial charge in [0.25, 0.3) is 0 Å². The van der Waals surface area contributed by atoms with Crippen LogP contribution in [0.3, 0.4) is 0 Å². The first-order chi connectivity index (χ1) is 15.6. The molecule has 2 amide bonds. The molecule has 3 heterocycles. The van der Waals surface area contributed by atoms with Gasteiger partial charge in [-0.3, -0.25) is 9.59 Å². The van der Waals surface area contributed by atoms with Crippen molar-refractivity contribution in [2.24, 2.45) is 0 Å². The van der Waals surface area contributed by atoms with E-state index in [1.165, 1.54) is 0 Å². The van der Waals surface area contributed by atoms with Crippen molar-refractivity contribution in [3.63, 3.8) is 0 Å². The molecule has 32 heavy (non-hydrogen) atoms. The van der Waals surface area contributed by atoms with E-state index in [2.05, 4.69) is 11.1 Å². The minimum absolute atomic E-state index is 0.0310. The van der Waals surface area contributed by atoms with E-state index in [4.69, 9.17) is 9.47 Å². The summed E-state index contributed by atoms with van der Waals surface area (Å²) >= 11 is 0. The van der Waals surface area contributed by atoms with Gasteiger partial charge in [0, 0.05) is 42.2 Å². The van der Waals surface area contributed by atoms with Gasteiger partial charge in [-0.1, -0.05) is 36.4 Å². The first-order valence-corrected chi connectivity index (χ1v) is 11.0. The summed E-state index contributed by atoms with van der Waals surface area (Å²) in [6.45, 7) is 3.33. The Morgan fingerprint density at radius 1 is 1.09 bits per heavy atom. The zero-order chi connectivity index (χ0) is 22.2. The molecule has 1 saturated heterocycles. The summed E-state index contributed by atoms with van der Waals surface area (Å²) in [5, 5.41) is 1.09. The number of hydrogen-bond donors (Lipinski definition) is 1. The minimum Gasteiger partial charge on any atom is -0.494 e. The summed E-state index contributed by atoms with van der Waals surface area (Å²) in [5.74, 6) is 0.634. The Kier molecular flexibility index (Phi) is 5.35. The standard InChI is InChI=1S/C25H27N3O4/c1-3-32-21-11-7-5-9-17(21)24-23-18(16-8-4-6-10-19(16)26-23)14-20-25(30)27(12-13-31-2)15-22(29)28(20)24/h4-11,20,24,26H,3,12-15H2,1-2H3. The fourth-order valence-corrected chi connectivity index (χ4v) is 5.03. The maximum Gasteiger partial charge on any atom is 0.246 e. The molecule has 2 aliphatic rings. The fraction of sp³-hybridized carbons (Fsp3) is 0.360. The normalized spacial score (nSPS) is 20.4. The summed E-state index contributed by atoms with van der Waals surface area (Å²) < 4.78 is 11.1. The molecule has 0 bridgehead atoms. The van der Waals surface area contributed by atoms with Gasteiger partial charge in [-0.05, 0) is 24.6 Å². The number of aromatic nitrogens is 1. The van der Waals surface area contributed by atoms with Crippen LogP contribution >= 0.6 is 0 Å². The molecule has 3 aromatic rings. The van der Waals surface area contributed by atoms with Crippen molar-refractivity contribution in [2.75, 3.05) is 33.4 Å². The Bertz CT molecular complexity index is 1170. The quantitative estimate of drug-likeness (QED) is 0.649. The molecule has 0 radical (unpaired) electrons. The average molecular weight is 434 g/mol. The van der Waals surface area contributed by atoms with Crippen molar-refractivity contribution in [1.82, 2.24) is 14.8 Å². The average Bonchev–Trinajstić information content (AvgIpc) is 3.18. The van der Waals surface area contributed by atoms with Crippen LogP contribution in [0.15, 0.2) is 48.5 Å². The highest BCUT2D eigenvalue weighted by Gasteiger charge is 2.48. The molecule has 7 nitrogen and oxygen atoms in total. The lowest BCUT2D eigenvalue weighted by Crippen LogP contribution is -2.63. The lowest BCUT2D eigenvalue weighted by molar-refractivity contribution is -0.159. The van der Waals surface area contributed by atoms with Crippen molar-refractivity contribution in [1.29, 1.82) is 0 Å². The molecule has 2 aliphatic heterocycles.